The lowest BCUT2D eigenvalue weighted by Gasteiger charge is -2.23. The van der Waals surface area contributed by atoms with Crippen LogP contribution in [-0.2, 0) is 11.3 Å². The fraction of sp³-hybridized carbons (Fsp3) is 0.444. The van der Waals surface area contributed by atoms with Crippen LogP contribution in [0.2, 0.25) is 0 Å². The Kier molecular flexibility index (Phi) is 3.05. The Balaban J connectivity index is 1.59. The predicted octanol–water partition coefficient (Wildman–Crippen LogP) is 0.778. The SMILES string of the molecule is O=c1c2ccccc2nc(N2CC3C4C=CC(O4)C3C2)n1CCO. The summed E-state index contributed by atoms with van der Waals surface area (Å²) in [6.45, 7) is 1.86. The van der Waals surface area contributed by atoms with Crippen molar-refractivity contribution in [3.05, 3.63) is 46.8 Å². The molecular weight excluding hydrogens is 306 g/mol. The Morgan fingerprint density at radius 3 is 2.58 bits per heavy atom. The molecule has 3 aliphatic rings. The molecule has 6 nitrogen and oxygen atoms in total. The van der Waals surface area contributed by atoms with Crippen LogP contribution in [0.3, 0.4) is 0 Å². The van der Waals surface area contributed by atoms with Crippen molar-refractivity contribution in [2.75, 3.05) is 24.6 Å². The van der Waals surface area contributed by atoms with Crippen molar-refractivity contribution in [3.8, 4) is 0 Å². The summed E-state index contributed by atoms with van der Waals surface area (Å²) in [4.78, 5) is 19.8. The number of hydrogen-bond donors (Lipinski definition) is 1. The first-order chi connectivity index (χ1) is 11.8. The Morgan fingerprint density at radius 2 is 1.88 bits per heavy atom. The van der Waals surface area contributed by atoms with E-state index in [0.717, 1.165) is 13.1 Å². The summed E-state index contributed by atoms with van der Waals surface area (Å²) in [5, 5.41) is 10.00. The van der Waals surface area contributed by atoms with E-state index in [9.17, 15) is 9.90 Å². The summed E-state index contributed by atoms with van der Waals surface area (Å²) >= 11 is 0. The lowest BCUT2D eigenvalue weighted by molar-refractivity contribution is 0.100. The average Bonchev–Trinajstić information content (AvgIpc) is 3.30. The lowest BCUT2D eigenvalue weighted by atomic mass is 9.86. The van der Waals surface area contributed by atoms with E-state index in [1.807, 2.05) is 18.2 Å². The Labute approximate surface area is 139 Å². The number of aliphatic hydroxyl groups excluding tert-OH is 1. The molecule has 0 aliphatic carbocycles. The average molecular weight is 325 g/mol. The lowest BCUT2D eigenvalue weighted by Crippen LogP contribution is -2.34. The van der Waals surface area contributed by atoms with E-state index in [-0.39, 0.29) is 30.9 Å². The zero-order valence-electron chi connectivity index (χ0n) is 13.2. The number of ether oxygens (including phenoxy) is 1. The second-order valence-electron chi connectivity index (χ2n) is 6.79. The maximum Gasteiger partial charge on any atom is 0.262 e. The predicted molar refractivity (Wildman–Crippen MR) is 90.1 cm³/mol. The molecule has 2 fully saturated rings. The van der Waals surface area contributed by atoms with Crippen LogP contribution < -0.4 is 10.5 Å². The minimum absolute atomic E-state index is 0.0798. The molecule has 5 rings (SSSR count). The highest BCUT2D eigenvalue weighted by molar-refractivity contribution is 5.78. The van der Waals surface area contributed by atoms with Gasteiger partial charge in [0.05, 0.1) is 36.3 Å². The van der Waals surface area contributed by atoms with E-state index in [1.54, 1.807) is 10.6 Å². The molecule has 4 atom stereocenters. The second-order valence-corrected chi connectivity index (χ2v) is 6.79. The minimum Gasteiger partial charge on any atom is -0.395 e. The number of hydrogen-bond acceptors (Lipinski definition) is 5. The summed E-state index contributed by atoms with van der Waals surface area (Å²) in [6, 6.07) is 7.40. The smallest absolute Gasteiger partial charge is 0.262 e. The number of aliphatic hydroxyl groups is 1. The van der Waals surface area contributed by atoms with Gasteiger partial charge in [0, 0.05) is 24.9 Å². The van der Waals surface area contributed by atoms with Gasteiger partial charge in [0.15, 0.2) is 0 Å². The first-order valence-corrected chi connectivity index (χ1v) is 8.45. The van der Waals surface area contributed by atoms with Crippen LogP contribution in [0.5, 0.6) is 0 Å². The molecule has 3 aliphatic heterocycles. The minimum atomic E-state index is -0.0842. The van der Waals surface area contributed by atoms with Gasteiger partial charge in [0.2, 0.25) is 5.95 Å². The third-order valence-electron chi connectivity index (χ3n) is 5.51. The molecule has 4 heterocycles. The van der Waals surface area contributed by atoms with Crippen molar-refractivity contribution in [1.29, 1.82) is 0 Å². The number of anilines is 1. The van der Waals surface area contributed by atoms with Gasteiger partial charge >= 0.3 is 0 Å². The standard InChI is InChI=1S/C18H19N3O3/c22-8-7-21-17(23)11-3-1-2-4-14(11)19-18(21)20-9-12-13(10-20)16-6-5-15(12)24-16/h1-6,12-13,15-16,22H,7-10H2. The molecule has 0 spiro atoms. The molecule has 1 N–H and O–H groups in total. The molecule has 24 heavy (non-hydrogen) atoms. The van der Waals surface area contributed by atoms with Crippen LogP contribution in [0.15, 0.2) is 41.2 Å². The number of benzene rings is 1. The maximum absolute atomic E-state index is 12.8. The molecule has 2 aromatic rings. The second kappa shape index (κ2) is 5.16. The monoisotopic (exact) mass is 325 g/mol. The van der Waals surface area contributed by atoms with E-state index in [2.05, 4.69) is 17.1 Å². The van der Waals surface area contributed by atoms with Gasteiger partial charge in [-0.3, -0.25) is 9.36 Å². The highest BCUT2D eigenvalue weighted by Crippen LogP contribution is 2.44. The van der Waals surface area contributed by atoms with E-state index >= 15 is 0 Å². The summed E-state index contributed by atoms with van der Waals surface area (Å²) in [6.07, 6.45) is 4.71. The molecule has 124 valence electrons. The first-order valence-electron chi connectivity index (χ1n) is 8.45. The van der Waals surface area contributed by atoms with Gasteiger partial charge in [-0.05, 0) is 12.1 Å². The van der Waals surface area contributed by atoms with Crippen LogP contribution in [-0.4, -0.2) is 46.6 Å². The van der Waals surface area contributed by atoms with Gasteiger partial charge in [0.25, 0.3) is 5.56 Å². The molecule has 2 bridgehead atoms. The zero-order valence-corrected chi connectivity index (χ0v) is 13.2. The van der Waals surface area contributed by atoms with Crippen molar-refractivity contribution in [3.63, 3.8) is 0 Å². The van der Waals surface area contributed by atoms with E-state index in [0.29, 0.717) is 28.7 Å². The highest BCUT2D eigenvalue weighted by atomic mass is 16.5. The van der Waals surface area contributed by atoms with Crippen molar-refractivity contribution in [2.45, 2.75) is 18.8 Å². The first kappa shape index (κ1) is 14.2. The molecule has 0 saturated carbocycles. The van der Waals surface area contributed by atoms with Crippen LogP contribution in [0.4, 0.5) is 5.95 Å². The van der Waals surface area contributed by atoms with Gasteiger partial charge in [-0.15, -0.1) is 0 Å². The Morgan fingerprint density at radius 1 is 1.17 bits per heavy atom. The number of nitrogens with zero attached hydrogens (tertiary/aromatic N) is 3. The Bertz CT molecular complexity index is 871. The van der Waals surface area contributed by atoms with Gasteiger partial charge in [-0.2, -0.15) is 0 Å². The van der Waals surface area contributed by atoms with Crippen molar-refractivity contribution in [2.24, 2.45) is 11.8 Å². The van der Waals surface area contributed by atoms with Gasteiger partial charge in [0.1, 0.15) is 0 Å². The van der Waals surface area contributed by atoms with Crippen LogP contribution in [0.25, 0.3) is 10.9 Å². The number of fused-ring (bicyclic) bond motifs is 6. The maximum atomic E-state index is 12.8. The van der Waals surface area contributed by atoms with Crippen molar-refractivity contribution < 1.29 is 9.84 Å². The molecule has 0 radical (unpaired) electrons. The van der Waals surface area contributed by atoms with Gasteiger partial charge in [-0.25, -0.2) is 4.98 Å². The van der Waals surface area contributed by atoms with E-state index in [4.69, 9.17) is 9.72 Å². The quantitative estimate of drug-likeness (QED) is 0.845. The van der Waals surface area contributed by atoms with E-state index in [1.165, 1.54) is 0 Å². The summed E-state index contributed by atoms with van der Waals surface area (Å²) in [5.41, 5.74) is 0.625. The normalized spacial score (nSPS) is 30.5. The largest absolute Gasteiger partial charge is 0.395 e. The topological polar surface area (TPSA) is 67.6 Å². The molecule has 1 aromatic heterocycles. The summed E-state index contributed by atoms with van der Waals surface area (Å²) < 4.78 is 7.54. The van der Waals surface area contributed by atoms with Crippen LogP contribution >= 0.6 is 0 Å². The summed E-state index contributed by atoms with van der Waals surface area (Å²) in [7, 11) is 0. The number of aromatic nitrogens is 2. The van der Waals surface area contributed by atoms with Crippen molar-refractivity contribution >= 4 is 16.9 Å². The number of rotatable bonds is 3. The van der Waals surface area contributed by atoms with Crippen LogP contribution in [0.1, 0.15) is 0 Å². The molecule has 4 unspecified atom stereocenters. The third-order valence-corrected chi connectivity index (χ3v) is 5.51. The Hall–Kier alpha value is -2.18. The zero-order chi connectivity index (χ0) is 16.3. The third kappa shape index (κ3) is 1.90. The molecular formula is C18H19N3O3. The fourth-order valence-electron chi connectivity index (χ4n) is 4.39. The molecule has 0 amide bonds. The van der Waals surface area contributed by atoms with Crippen molar-refractivity contribution in [1.82, 2.24) is 9.55 Å². The fourth-order valence-corrected chi connectivity index (χ4v) is 4.39. The molecule has 2 saturated heterocycles. The van der Waals surface area contributed by atoms with Crippen LogP contribution in [0, 0.1) is 11.8 Å². The van der Waals surface area contributed by atoms with Gasteiger partial charge in [-0.1, -0.05) is 24.3 Å². The summed E-state index contributed by atoms with van der Waals surface area (Å²) in [5.74, 6) is 1.60. The highest BCUT2D eigenvalue weighted by Gasteiger charge is 2.51. The number of para-hydroxylation sites is 1. The van der Waals surface area contributed by atoms with E-state index < -0.39 is 0 Å². The molecule has 6 heteroatoms. The van der Waals surface area contributed by atoms with Gasteiger partial charge < -0.3 is 14.7 Å². The molecule has 1 aromatic carbocycles.